The number of ether oxygens (including phenoxy) is 1. The summed E-state index contributed by atoms with van der Waals surface area (Å²) < 4.78 is 5.13. The zero-order chi connectivity index (χ0) is 18.5. The molecule has 2 aromatic carbocycles. The Labute approximate surface area is 159 Å². The maximum absolute atomic E-state index is 11.9. The van der Waals surface area contributed by atoms with Gasteiger partial charge in [0.2, 0.25) is 5.95 Å². The second-order valence-corrected chi connectivity index (χ2v) is 6.09. The van der Waals surface area contributed by atoms with Gasteiger partial charge in [-0.3, -0.25) is 9.78 Å². The number of hydrogen-bond donors (Lipinski definition) is 2. The largest absolute Gasteiger partial charge is 0.497 e. The summed E-state index contributed by atoms with van der Waals surface area (Å²) in [4.78, 5) is 18.8. The first kappa shape index (κ1) is 18.0. The van der Waals surface area contributed by atoms with Crippen LogP contribution in [-0.4, -0.2) is 23.3 Å². The van der Waals surface area contributed by atoms with Gasteiger partial charge in [-0.05, 0) is 36.4 Å². The normalized spacial score (nSPS) is 10.9. The van der Waals surface area contributed by atoms with E-state index in [4.69, 9.17) is 27.9 Å². The highest BCUT2D eigenvalue weighted by molar-refractivity contribution is 6.36. The van der Waals surface area contributed by atoms with Gasteiger partial charge >= 0.3 is 0 Å². The van der Waals surface area contributed by atoms with Gasteiger partial charge in [0.1, 0.15) is 5.75 Å². The highest BCUT2D eigenvalue weighted by atomic mass is 35.5. The molecule has 2 N–H and O–H groups in total. The summed E-state index contributed by atoms with van der Waals surface area (Å²) in [6.07, 6.45) is 1.51. The molecule has 6 nitrogen and oxygen atoms in total. The van der Waals surface area contributed by atoms with E-state index in [0.29, 0.717) is 21.3 Å². The molecule has 0 fully saturated rings. The van der Waals surface area contributed by atoms with E-state index in [-0.39, 0.29) is 11.5 Å². The fourth-order valence-electron chi connectivity index (χ4n) is 2.19. The van der Waals surface area contributed by atoms with Gasteiger partial charge in [0, 0.05) is 22.2 Å². The van der Waals surface area contributed by atoms with Gasteiger partial charge in [-0.15, -0.1) is 0 Å². The van der Waals surface area contributed by atoms with E-state index in [9.17, 15) is 4.79 Å². The van der Waals surface area contributed by atoms with Crippen LogP contribution in [0, 0.1) is 0 Å². The van der Waals surface area contributed by atoms with Gasteiger partial charge in [-0.25, -0.2) is 10.4 Å². The molecule has 0 amide bonds. The number of aromatic nitrogens is 2. The van der Waals surface area contributed by atoms with Crippen LogP contribution in [0.15, 0.2) is 58.4 Å². The number of benzene rings is 2. The van der Waals surface area contributed by atoms with Gasteiger partial charge in [0.25, 0.3) is 5.56 Å². The van der Waals surface area contributed by atoms with Crippen molar-refractivity contribution in [1.82, 2.24) is 9.97 Å². The average Bonchev–Trinajstić information content (AvgIpc) is 2.63. The summed E-state index contributed by atoms with van der Waals surface area (Å²) in [5, 5.41) is 5.06. The molecule has 0 radical (unpaired) electrons. The molecule has 8 heteroatoms. The van der Waals surface area contributed by atoms with Crippen LogP contribution in [0.5, 0.6) is 5.75 Å². The van der Waals surface area contributed by atoms with Crippen LogP contribution in [-0.2, 0) is 0 Å². The zero-order valence-electron chi connectivity index (χ0n) is 13.7. The third-order valence-electron chi connectivity index (χ3n) is 3.46. The molecule has 0 aliphatic rings. The number of hydrogen-bond acceptors (Lipinski definition) is 5. The molecule has 1 heterocycles. The van der Waals surface area contributed by atoms with Crippen molar-refractivity contribution < 1.29 is 4.74 Å². The van der Waals surface area contributed by atoms with Crippen LogP contribution >= 0.6 is 23.2 Å². The van der Waals surface area contributed by atoms with E-state index in [2.05, 4.69) is 20.5 Å². The van der Waals surface area contributed by atoms with E-state index in [1.807, 2.05) is 12.1 Å². The number of aromatic amines is 1. The topological polar surface area (TPSA) is 79.4 Å². The Balaban J connectivity index is 1.81. The van der Waals surface area contributed by atoms with Crippen LogP contribution in [0.25, 0.3) is 11.3 Å². The number of anilines is 1. The van der Waals surface area contributed by atoms with E-state index in [1.54, 1.807) is 37.4 Å². The lowest BCUT2D eigenvalue weighted by atomic mass is 10.1. The molecule has 0 saturated carbocycles. The number of nitrogens with one attached hydrogen (secondary N) is 2. The molecule has 3 aromatic rings. The first-order chi connectivity index (χ1) is 12.5. The minimum Gasteiger partial charge on any atom is -0.497 e. The lowest BCUT2D eigenvalue weighted by Gasteiger charge is -2.05. The molecule has 1 aromatic heterocycles. The fourth-order valence-corrected chi connectivity index (χ4v) is 2.65. The molecule has 0 bridgehead atoms. The Hall–Kier alpha value is -2.83. The second-order valence-electron chi connectivity index (χ2n) is 5.24. The third-order valence-corrected chi connectivity index (χ3v) is 4.03. The van der Waals surface area contributed by atoms with Gasteiger partial charge in [-0.1, -0.05) is 29.3 Å². The molecule has 0 aliphatic heterocycles. The second kappa shape index (κ2) is 8.03. The monoisotopic (exact) mass is 388 g/mol. The van der Waals surface area contributed by atoms with E-state index in [1.165, 1.54) is 12.3 Å². The summed E-state index contributed by atoms with van der Waals surface area (Å²) in [7, 11) is 1.59. The number of hydrazone groups is 1. The minimum absolute atomic E-state index is 0.213. The molecule has 0 atom stereocenters. The molecule has 0 spiro atoms. The summed E-state index contributed by atoms with van der Waals surface area (Å²) >= 11 is 11.9. The minimum atomic E-state index is -0.298. The molecule has 0 unspecified atom stereocenters. The summed E-state index contributed by atoms with van der Waals surface area (Å²) in [6.45, 7) is 0. The van der Waals surface area contributed by atoms with Crippen molar-refractivity contribution in [3.63, 3.8) is 0 Å². The van der Waals surface area contributed by atoms with E-state index >= 15 is 0 Å². The van der Waals surface area contributed by atoms with Crippen LogP contribution < -0.4 is 15.7 Å². The Morgan fingerprint density at radius 1 is 1.15 bits per heavy atom. The number of rotatable bonds is 5. The van der Waals surface area contributed by atoms with E-state index < -0.39 is 0 Å². The lowest BCUT2D eigenvalue weighted by molar-refractivity contribution is 0.415. The summed E-state index contributed by atoms with van der Waals surface area (Å²) in [5.41, 5.74) is 4.37. The van der Waals surface area contributed by atoms with Gasteiger partial charge < -0.3 is 4.74 Å². The molecule has 0 saturated heterocycles. The average molecular weight is 389 g/mol. The molecular weight excluding hydrogens is 375 g/mol. The van der Waals surface area contributed by atoms with Crippen molar-refractivity contribution in [2.24, 2.45) is 5.10 Å². The lowest BCUT2D eigenvalue weighted by Crippen LogP contribution is -2.10. The van der Waals surface area contributed by atoms with Crippen molar-refractivity contribution in [2.45, 2.75) is 0 Å². The summed E-state index contributed by atoms with van der Waals surface area (Å²) in [6, 6.07) is 13.7. The first-order valence-corrected chi connectivity index (χ1v) is 8.30. The van der Waals surface area contributed by atoms with Gasteiger partial charge in [0.15, 0.2) is 0 Å². The fraction of sp³-hybridized carbons (Fsp3) is 0.0556. The molecular formula is C18H14Cl2N4O2. The highest BCUT2D eigenvalue weighted by Crippen LogP contribution is 2.21. The van der Waals surface area contributed by atoms with Crippen molar-refractivity contribution in [3.05, 3.63) is 74.5 Å². The summed E-state index contributed by atoms with van der Waals surface area (Å²) in [5.74, 6) is 0.936. The quantitative estimate of drug-likeness (QED) is 0.507. The van der Waals surface area contributed by atoms with Crippen LogP contribution in [0.2, 0.25) is 10.0 Å². The Bertz CT molecular complexity index is 1000. The molecule has 26 heavy (non-hydrogen) atoms. The smallest absolute Gasteiger partial charge is 0.252 e. The Kier molecular flexibility index (Phi) is 5.55. The van der Waals surface area contributed by atoms with Crippen molar-refractivity contribution >= 4 is 35.4 Å². The standard InChI is InChI=1S/C18H14Cl2N4O2/c1-26-14-6-3-11(4-7-14)16-9-17(25)23-18(22-16)24-21-10-12-2-5-13(19)8-15(12)20/h2-10H,1H3,(H2,22,23,24,25)/b21-10-. The van der Waals surface area contributed by atoms with Crippen molar-refractivity contribution in [2.75, 3.05) is 12.5 Å². The highest BCUT2D eigenvalue weighted by Gasteiger charge is 2.04. The van der Waals surface area contributed by atoms with E-state index in [0.717, 1.165) is 11.3 Å². The maximum atomic E-state index is 11.9. The molecule has 132 valence electrons. The van der Waals surface area contributed by atoms with Gasteiger partial charge in [0.05, 0.1) is 24.0 Å². The number of nitrogens with zero attached hydrogens (tertiary/aromatic N) is 2. The predicted octanol–water partition coefficient (Wildman–Crippen LogP) is 4.20. The Morgan fingerprint density at radius 3 is 2.62 bits per heavy atom. The Morgan fingerprint density at radius 2 is 1.92 bits per heavy atom. The number of halogens is 2. The predicted molar refractivity (Wildman–Crippen MR) is 105 cm³/mol. The van der Waals surface area contributed by atoms with Crippen molar-refractivity contribution in [3.8, 4) is 17.0 Å². The third kappa shape index (κ3) is 4.41. The van der Waals surface area contributed by atoms with Gasteiger partial charge in [-0.2, -0.15) is 5.10 Å². The van der Waals surface area contributed by atoms with Crippen LogP contribution in [0.3, 0.4) is 0 Å². The molecule has 3 rings (SSSR count). The van der Waals surface area contributed by atoms with Crippen LogP contribution in [0.4, 0.5) is 5.95 Å². The maximum Gasteiger partial charge on any atom is 0.252 e. The number of H-pyrrole nitrogens is 1. The molecule has 0 aliphatic carbocycles. The van der Waals surface area contributed by atoms with Crippen molar-refractivity contribution in [1.29, 1.82) is 0 Å². The first-order valence-electron chi connectivity index (χ1n) is 7.55. The van der Waals surface area contributed by atoms with Crippen LogP contribution in [0.1, 0.15) is 5.56 Å². The SMILES string of the molecule is COc1ccc(-c2cc(=O)[nH]c(N/N=C\c3ccc(Cl)cc3Cl)n2)cc1. The zero-order valence-corrected chi connectivity index (χ0v) is 15.2. The number of methoxy groups -OCH3 is 1.